The Balaban J connectivity index is 3.08. The Kier molecular flexibility index (Phi) is 3.95. The summed E-state index contributed by atoms with van der Waals surface area (Å²) in [6.07, 6.45) is -0.824. The van der Waals surface area contributed by atoms with Crippen LogP contribution in [0.4, 0.5) is 18.9 Å². The minimum atomic E-state index is -4.39. The van der Waals surface area contributed by atoms with Crippen molar-refractivity contribution < 1.29 is 13.2 Å². The van der Waals surface area contributed by atoms with E-state index in [1.54, 1.807) is 6.08 Å². The summed E-state index contributed by atoms with van der Waals surface area (Å²) in [5.74, 6) is 0. The quantitative estimate of drug-likeness (QED) is 0.784. The fourth-order valence-electron chi connectivity index (χ4n) is 1.27. The molecule has 5 heteroatoms. The van der Waals surface area contributed by atoms with Gasteiger partial charge in [-0.3, -0.25) is 0 Å². The molecule has 4 N–H and O–H groups in total. The van der Waals surface area contributed by atoms with Gasteiger partial charge in [-0.2, -0.15) is 13.2 Å². The number of alkyl halides is 3. The summed E-state index contributed by atoms with van der Waals surface area (Å²) < 4.78 is 37.9. The van der Waals surface area contributed by atoms with Crippen LogP contribution in [0.2, 0.25) is 0 Å². The van der Waals surface area contributed by atoms with Crippen molar-refractivity contribution in [3.63, 3.8) is 0 Å². The van der Waals surface area contributed by atoms with Crippen molar-refractivity contribution in [1.29, 1.82) is 0 Å². The Morgan fingerprint density at radius 2 is 1.94 bits per heavy atom. The maximum absolute atomic E-state index is 12.6. The van der Waals surface area contributed by atoms with Gasteiger partial charge in [0.15, 0.2) is 0 Å². The van der Waals surface area contributed by atoms with Crippen LogP contribution in [0.3, 0.4) is 0 Å². The highest BCUT2D eigenvalue weighted by Gasteiger charge is 2.32. The van der Waals surface area contributed by atoms with E-state index in [-0.39, 0.29) is 11.3 Å². The Hall–Kier alpha value is -1.49. The van der Waals surface area contributed by atoms with E-state index in [9.17, 15) is 13.2 Å². The van der Waals surface area contributed by atoms with Crippen molar-refractivity contribution in [2.75, 3.05) is 12.3 Å². The molecule has 0 aromatic heterocycles. The number of halogens is 3. The molecule has 0 aliphatic rings. The molecule has 88 valence electrons. The van der Waals surface area contributed by atoms with Crippen LogP contribution in [0, 0.1) is 0 Å². The summed E-state index contributed by atoms with van der Waals surface area (Å²) in [7, 11) is 0. The highest BCUT2D eigenvalue weighted by Crippen LogP contribution is 2.33. The molecule has 0 radical (unpaired) electrons. The van der Waals surface area contributed by atoms with Crippen molar-refractivity contribution in [2.24, 2.45) is 5.73 Å². The SMILES string of the molecule is NCCC=Cc1ccc(N)cc1C(F)(F)F. The molecule has 0 heterocycles. The minimum Gasteiger partial charge on any atom is -0.399 e. The van der Waals surface area contributed by atoms with Gasteiger partial charge in [-0.1, -0.05) is 18.2 Å². The van der Waals surface area contributed by atoms with E-state index in [0.29, 0.717) is 13.0 Å². The largest absolute Gasteiger partial charge is 0.417 e. The maximum Gasteiger partial charge on any atom is 0.417 e. The Morgan fingerprint density at radius 1 is 1.25 bits per heavy atom. The molecular formula is C11H13F3N2. The molecule has 0 amide bonds. The molecule has 1 aromatic carbocycles. The zero-order valence-electron chi connectivity index (χ0n) is 8.59. The fraction of sp³-hybridized carbons (Fsp3) is 0.273. The van der Waals surface area contributed by atoms with Crippen LogP contribution in [0.5, 0.6) is 0 Å². The summed E-state index contributed by atoms with van der Waals surface area (Å²) in [5, 5.41) is 0. The molecule has 0 aliphatic carbocycles. The summed E-state index contributed by atoms with van der Waals surface area (Å²) >= 11 is 0. The first-order chi connectivity index (χ1) is 7.45. The van der Waals surface area contributed by atoms with Gasteiger partial charge in [0, 0.05) is 5.69 Å². The molecule has 0 unspecified atom stereocenters. The van der Waals surface area contributed by atoms with Crippen molar-refractivity contribution in [1.82, 2.24) is 0 Å². The highest BCUT2D eigenvalue weighted by atomic mass is 19.4. The Morgan fingerprint density at radius 3 is 2.50 bits per heavy atom. The highest BCUT2D eigenvalue weighted by molar-refractivity contribution is 5.59. The van der Waals surface area contributed by atoms with E-state index in [2.05, 4.69) is 0 Å². The van der Waals surface area contributed by atoms with Gasteiger partial charge >= 0.3 is 6.18 Å². The predicted octanol–water partition coefficient (Wildman–Crippen LogP) is 2.65. The Bertz CT molecular complexity index is 383. The molecule has 0 saturated heterocycles. The van der Waals surface area contributed by atoms with Gasteiger partial charge in [0.05, 0.1) is 5.56 Å². The molecule has 0 atom stereocenters. The first kappa shape index (κ1) is 12.6. The summed E-state index contributed by atoms with van der Waals surface area (Å²) in [5.41, 5.74) is 10.1. The van der Waals surface area contributed by atoms with E-state index in [4.69, 9.17) is 11.5 Å². The van der Waals surface area contributed by atoms with E-state index < -0.39 is 11.7 Å². The lowest BCUT2D eigenvalue weighted by Gasteiger charge is -2.10. The van der Waals surface area contributed by atoms with Crippen molar-refractivity contribution in [2.45, 2.75) is 12.6 Å². The van der Waals surface area contributed by atoms with Gasteiger partial charge in [0.25, 0.3) is 0 Å². The zero-order valence-corrected chi connectivity index (χ0v) is 8.59. The smallest absolute Gasteiger partial charge is 0.399 e. The molecule has 0 spiro atoms. The molecule has 0 saturated carbocycles. The van der Waals surface area contributed by atoms with Gasteiger partial charge in [-0.05, 0) is 30.7 Å². The van der Waals surface area contributed by atoms with Crippen molar-refractivity contribution in [3.05, 3.63) is 35.4 Å². The van der Waals surface area contributed by atoms with Crippen LogP contribution in [0.15, 0.2) is 24.3 Å². The van der Waals surface area contributed by atoms with Crippen LogP contribution in [0.1, 0.15) is 17.5 Å². The lowest BCUT2D eigenvalue weighted by molar-refractivity contribution is -0.137. The van der Waals surface area contributed by atoms with Crippen LogP contribution in [-0.2, 0) is 6.18 Å². The summed E-state index contributed by atoms with van der Waals surface area (Å²) in [6, 6.07) is 3.73. The number of nitrogens with two attached hydrogens (primary N) is 2. The third kappa shape index (κ3) is 3.27. The number of rotatable bonds is 3. The van der Waals surface area contributed by atoms with E-state index in [1.807, 2.05) is 0 Å². The normalized spacial score (nSPS) is 12.2. The van der Waals surface area contributed by atoms with E-state index in [1.165, 1.54) is 18.2 Å². The lowest BCUT2D eigenvalue weighted by atomic mass is 10.1. The average molecular weight is 230 g/mol. The number of benzene rings is 1. The standard InChI is InChI=1S/C11H13F3N2/c12-11(13,14)10-7-9(16)5-4-8(10)3-1-2-6-15/h1,3-5,7H,2,6,15-16H2. The molecule has 1 aromatic rings. The van der Waals surface area contributed by atoms with Crippen molar-refractivity contribution in [3.8, 4) is 0 Å². The molecule has 16 heavy (non-hydrogen) atoms. The molecule has 2 nitrogen and oxygen atoms in total. The number of nitrogen functional groups attached to an aromatic ring is 1. The molecule has 1 rings (SSSR count). The second kappa shape index (κ2) is 5.03. The van der Waals surface area contributed by atoms with Gasteiger partial charge in [0.1, 0.15) is 0 Å². The summed E-state index contributed by atoms with van der Waals surface area (Å²) in [4.78, 5) is 0. The van der Waals surface area contributed by atoms with E-state index in [0.717, 1.165) is 6.07 Å². The topological polar surface area (TPSA) is 52.0 Å². The minimum absolute atomic E-state index is 0.100. The van der Waals surface area contributed by atoms with Crippen LogP contribution < -0.4 is 11.5 Å². The summed E-state index contributed by atoms with van der Waals surface area (Å²) in [6.45, 7) is 0.410. The third-order valence-corrected chi connectivity index (χ3v) is 2.01. The van der Waals surface area contributed by atoms with Crippen LogP contribution in [0.25, 0.3) is 6.08 Å². The van der Waals surface area contributed by atoms with Crippen LogP contribution in [-0.4, -0.2) is 6.54 Å². The first-order valence-corrected chi connectivity index (χ1v) is 4.78. The maximum atomic E-state index is 12.6. The number of anilines is 1. The number of hydrogen-bond acceptors (Lipinski definition) is 2. The van der Waals surface area contributed by atoms with Crippen LogP contribution >= 0.6 is 0 Å². The fourth-order valence-corrected chi connectivity index (χ4v) is 1.27. The second-order valence-corrected chi connectivity index (χ2v) is 3.32. The van der Waals surface area contributed by atoms with Crippen molar-refractivity contribution >= 4 is 11.8 Å². The monoisotopic (exact) mass is 230 g/mol. The van der Waals surface area contributed by atoms with Gasteiger partial charge in [-0.15, -0.1) is 0 Å². The van der Waals surface area contributed by atoms with Gasteiger partial charge in [-0.25, -0.2) is 0 Å². The first-order valence-electron chi connectivity index (χ1n) is 4.78. The molecule has 0 fully saturated rings. The molecule has 0 bridgehead atoms. The average Bonchev–Trinajstić information content (AvgIpc) is 2.19. The predicted molar refractivity (Wildman–Crippen MR) is 58.6 cm³/mol. The zero-order chi connectivity index (χ0) is 12.2. The third-order valence-electron chi connectivity index (χ3n) is 2.01. The van der Waals surface area contributed by atoms with E-state index >= 15 is 0 Å². The lowest BCUT2D eigenvalue weighted by Crippen LogP contribution is -2.08. The molecular weight excluding hydrogens is 217 g/mol. The molecule has 0 aliphatic heterocycles. The van der Waals surface area contributed by atoms with Gasteiger partial charge in [0.2, 0.25) is 0 Å². The second-order valence-electron chi connectivity index (χ2n) is 3.32. The number of hydrogen-bond donors (Lipinski definition) is 2. The van der Waals surface area contributed by atoms with Gasteiger partial charge < -0.3 is 11.5 Å². The Labute approximate surface area is 91.7 Å².